The van der Waals surface area contributed by atoms with Gasteiger partial charge in [0, 0.05) is 41.2 Å². The standard InChI is InChI=1S/C21H22ClN3O3S2/c1-14(2)25(3)30(27,28)19-9-5-7-16(12-19)20(26)24-21-23-13-18(29-21)11-15-6-4-8-17(22)10-15/h4-10,12-14H,11H2,1-3H3,(H,23,24,26). The molecule has 0 radical (unpaired) electrons. The molecule has 0 saturated carbocycles. The van der Waals surface area contributed by atoms with E-state index in [4.69, 9.17) is 11.6 Å². The Labute approximate surface area is 185 Å². The average molecular weight is 464 g/mol. The lowest BCUT2D eigenvalue weighted by Gasteiger charge is -2.21. The number of halogens is 1. The molecular formula is C21H22ClN3O3S2. The zero-order valence-corrected chi connectivity index (χ0v) is 19.2. The Bertz CT molecular complexity index is 1160. The van der Waals surface area contributed by atoms with E-state index in [9.17, 15) is 13.2 Å². The lowest BCUT2D eigenvalue weighted by molar-refractivity contribution is 0.102. The molecule has 1 amide bonds. The summed E-state index contributed by atoms with van der Waals surface area (Å²) in [6.45, 7) is 3.58. The molecule has 0 spiro atoms. The van der Waals surface area contributed by atoms with E-state index in [1.54, 1.807) is 32.2 Å². The van der Waals surface area contributed by atoms with Crippen LogP contribution in [0.15, 0.2) is 59.6 Å². The zero-order chi connectivity index (χ0) is 21.9. The van der Waals surface area contributed by atoms with Crippen LogP contribution < -0.4 is 5.32 Å². The van der Waals surface area contributed by atoms with Gasteiger partial charge in [-0.25, -0.2) is 13.4 Å². The van der Waals surface area contributed by atoms with Crippen LogP contribution in [0.5, 0.6) is 0 Å². The first-order valence-corrected chi connectivity index (χ1v) is 11.9. The number of benzene rings is 2. The minimum atomic E-state index is -3.67. The number of anilines is 1. The average Bonchev–Trinajstić information content (AvgIpc) is 3.14. The number of hydrogen-bond acceptors (Lipinski definition) is 5. The van der Waals surface area contributed by atoms with E-state index in [1.165, 1.54) is 34.8 Å². The van der Waals surface area contributed by atoms with Crippen molar-refractivity contribution < 1.29 is 13.2 Å². The van der Waals surface area contributed by atoms with Crippen LogP contribution in [0.2, 0.25) is 5.02 Å². The highest BCUT2D eigenvalue weighted by atomic mass is 35.5. The van der Waals surface area contributed by atoms with Gasteiger partial charge in [-0.15, -0.1) is 11.3 Å². The third-order valence-electron chi connectivity index (χ3n) is 4.54. The molecule has 158 valence electrons. The van der Waals surface area contributed by atoms with Crippen LogP contribution in [0.4, 0.5) is 5.13 Å². The summed E-state index contributed by atoms with van der Waals surface area (Å²) < 4.78 is 26.6. The molecule has 1 aromatic heterocycles. The third-order valence-corrected chi connectivity index (χ3v) is 7.72. The highest BCUT2D eigenvalue weighted by molar-refractivity contribution is 7.89. The molecule has 0 fully saturated rings. The minimum absolute atomic E-state index is 0.0761. The summed E-state index contributed by atoms with van der Waals surface area (Å²) in [5.41, 5.74) is 1.30. The molecule has 3 rings (SSSR count). The maximum Gasteiger partial charge on any atom is 0.257 e. The Morgan fingerprint density at radius 1 is 1.20 bits per heavy atom. The van der Waals surface area contributed by atoms with Crippen LogP contribution in [-0.4, -0.2) is 36.7 Å². The summed E-state index contributed by atoms with van der Waals surface area (Å²) in [5.74, 6) is -0.414. The first-order chi connectivity index (χ1) is 14.2. The minimum Gasteiger partial charge on any atom is -0.298 e. The normalized spacial score (nSPS) is 11.8. The van der Waals surface area contributed by atoms with E-state index in [-0.39, 0.29) is 16.5 Å². The quantitative estimate of drug-likeness (QED) is 0.552. The van der Waals surface area contributed by atoms with Crippen molar-refractivity contribution in [2.45, 2.75) is 31.2 Å². The molecule has 1 N–H and O–H groups in total. The lowest BCUT2D eigenvalue weighted by Crippen LogP contribution is -2.33. The Hall–Kier alpha value is -2.26. The number of rotatable bonds is 7. The first kappa shape index (κ1) is 22.4. The van der Waals surface area contributed by atoms with E-state index in [0.717, 1.165) is 10.4 Å². The highest BCUT2D eigenvalue weighted by Gasteiger charge is 2.24. The van der Waals surface area contributed by atoms with Crippen molar-refractivity contribution in [1.82, 2.24) is 9.29 Å². The molecule has 0 aliphatic heterocycles. The highest BCUT2D eigenvalue weighted by Crippen LogP contribution is 2.24. The number of aromatic nitrogens is 1. The summed E-state index contributed by atoms with van der Waals surface area (Å²) in [5, 5.41) is 3.86. The van der Waals surface area contributed by atoms with Crippen molar-refractivity contribution in [2.75, 3.05) is 12.4 Å². The number of nitrogens with one attached hydrogen (secondary N) is 1. The fourth-order valence-corrected chi connectivity index (χ4v) is 5.17. The van der Waals surface area contributed by atoms with E-state index < -0.39 is 15.9 Å². The second-order valence-electron chi connectivity index (χ2n) is 7.04. The van der Waals surface area contributed by atoms with Gasteiger partial charge < -0.3 is 0 Å². The Kier molecular flexibility index (Phi) is 6.92. The van der Waals surface area contributed by atoms with Crippen LogP contribution in [0.25, 0.3) is 0 Å². The van der Waals surface area contributed by atoms with Gasteiger partial charge in [0.25, 0.3) is 5.91 Å². The maximum absolute atomic E-state index is 12.7. The molecule has 2 aromatic carbocycles. The number of carbonyl (C=O) groups is 1. The van der Waals surface area contributed by atoms with Crippen molar-refractivity contribution in [3.8, 4) is 0 Å². The third kappa shape index (κ3) is 5.26. The molecule has 0 saturated heterocycles. The predicted octanol–water partition coefficient (Wildman–Crippen LogP) is 4.67. The second-order valence-corrected chi connectivity index (χ2v) is 10.6. The predicted molar refractivity (Wildman–Crippen MR) is 121 cm³/mol. The second kappa shape index (κ2) is 9.26. The molecule has 0 unspecified atom stereocenters. The van der Waals surface area contributed by atoms with E-state index >= 15 is 0 Å². The van der Waals surface area contributed by atoms with Gasteiger partial charge in [-0.2, -0.15) is 4.31 Å². The van der Waals surface area contributed by atoms with Gasteiger partial charge in [-0.3, -0.25) is 10.1 Å². The van der Waals surface area contributed by atoms with Crippen LogP contribution in [0, 0.1) is 0 Å². The topological polar surface area (TPSA) is 79.4 Å². The van der Waals surface area contributed by atoms with Crippen molar-refractivity contribution in [1.29, 1.82) is 0 Å². The van der Waals surface area contributed by atoms with Crippen molar-refractivity contribution in [2.24, 2.45) is 0 Å². The fraction of sp³-hybridized carbons (Fsp3) is 0.238. The fourth-order valence-electron chi connectivity index (χ4n) is 2.71. The molecule has 3 aromatic rings. The number of sulfonamides is 1. The number of amides is 1. The monoisotopic (exact) mass is 463 g/mol. The summed E-state index contributed by atoms with van der Waals surface area (Å²) in [4.78, 5) is 17.9. The molecule has 0 bridgehead atoms. The molecule has 30 heavy (non-hydrogen) atoms. The van der Waals surface area contributed by atoms with Crippen molar-refractivity contribution in [3.63, 3.8) is 0 Å². The van der Waals surface area contributed by atoms with Crippen LogP contribution in [0.3, 0.4) is 0 Å². The van der Waals surface area contributed by atoms with Crippen molar-refractivity contribution in [3.05, 3.63) is 75.8 Å². The van der Waals surface area contributed by atoms with Crippen molar-refractivity contribution >= 4 is 44.0 Å². The Morgan fingerprint density at radius 2 is 1.93 bits per heavy atom. The van der Waals surface area contributed by atoms with E-state index in [0.29, 0.717) is 16.6 Å². The molecule has 1 heterocycles. The summed E-state index contributed by atoms with van der Waals surface area (Å²) in [7, 11) is -2.15. The number of hydrogen-bond donors (Lipinski definition) is 1. The number of thiazole rings is 1. The van der Waals surface area contributed by atoms with E-state index in [1.807, 2.05) is 24.3 Å². The van der Waals surface area contributed by atoms with Gasteiger partial charge in [0.05, 0.1) is 4.90 Å². The van der Waals surface area contributed by atoms with Gasteiger partial charge in [0.2, 0.25) is 10.0 Å². The van der Waals surface area contributed by atoms with Gasteiger partial charge in [-0.1, -0.05) is 29.8 Å². The number of carbonyl (C=O) groups excluding carboxylic acids is 1. The zero-order valence-electron chi connectivity index (χ0n) is 16.8. The summed E-state index contributed by atoms with van der Waals surface area (Å²) in [6, 6.07) is 13.4. The van der Waals surface area contributed by atoms with Gasteiger partial charge in [-0.05, 0) is 49.7 Å². The van der Waals surface area contributed by atoms with E-state index in [2.05, 4.69) is 10.3 Å². The Morgan fingerprint density at radius 3 is 2.63 bits per heavy atom. The smallest absolute Gasteiger partial charge is 0.257 e. The van der Waals surface area contributed by atoms with Gasteiger partial charge in [0.15, 0.2) is 5.13 Å². The maximum atomic E-state index is 12.7. The summed E-state index contributed by atoms with van der Waals surface area (Å²) >= 11 is 7.38. The molecule has 0 aliphatic rings. The van der Waals surface area contributed by atoms with Crippen LogP contribution in [-0.2, 0) is 16.4 Å². The molecular weight excluding hydrogens is 442 g/mol. The van der Waals surface area contributed by atoms with Crippen LogP contribution in [0.1, 0.15) is 34.6 Å². The Balaban J connectivity index is 1.73. The molecule has 9 heteroatoms. The SMILES string of the molecule is CC(C)N(C)S(=O)(=O)c1cccc(C(=O)Nc2ncc(Cc3cccc(Cl)c3)s2)c1. The molecule has 0 atom stereocenters. The molecule has 0 aliphatic carbocycles. The largest absolute Gasteiger partial charge is 0.298 e. The number of nitrogens with zero attached hydrogens (tertiary/aromatic N) is 2. The van der Waals surface area contributed by atoms with Gasteiger partial charge >= 0.3 is 0 Å². The van der Waals surface area contributed by atoms with Crippen LogP contribution >= 0.6 is 22.9 Å². The lowest BCUT2D eigenvalue weighted by atomic mass is 10.1. The van der Waals surface area contributed by atoms with Gasteiger partial charge in [0.1, 0.15) is 0 Å². The molecule has 6 nitrogen and oxygen atoms in total. The summed E-state index contributed by atoms with van der Waals surface area (Å²) in [6.07, 6.45) is 2.36. The first-order valence-electron chi connectivity index (χ1n) is 9.25.